The lowest BCUT2D eigenvalue weighted by Gasteiger charge is -2.43. The largest absolute Gasteiger partial charge is 0.417 e. The van der Waals surface area contributed by atoms with Crippen LogP contribution in [-0.2, 0) is 15.8 Å². The number of anilines is 1. The normalized spacial score (nSPS) is 22.2. The van der Waals surface area contributed by atoms with Crippen molar-refractivity contribution in [2.75, 3.05) is 31.1 Å². The minimum Gasteiger partial charge on any atom is -0.371 e. The molecule has 1 spiro atoms. The fourth-order valence-electron chi connectivity index (χ4n) is 5.31. The van der Waals surface area contributed by atoms with Crippen LogP contribution in [0.1, 0.15) is 57.1 Å². The van der Waals surface area contributed by atoms with Crippen LogP contribution in [0.3, 0.4) is 0 Å². The molecule has 2 heterocycles. The van der Waals surface area contributed by atoms with Crippen molar-refractivity contribution in [3.05, 3.63) is 29.3 Å². The smallest absolute Gasteiger partial charge is 0.371 e. The van der Waals surface area contributed by atoms with Crippen LogP contribution < -0.4 is 10.2 Å². The summed E-state index contributed by atoms with van der Waals surface area (Å²) in [6.45, 7) is 5.87. The number of nitrogens with zero attached hydrogens (tertiary/aromatic N) is 3. The number of alkyl halides is 3. The number of hydrogen-bond acceptors (Lipinski definition) is 4. The van der Waals surface area contributed by atoms with Gasteiger partial charge in [-0.05, 0) is 49.8 Å². The van der Waals surface area contributed by atoms with Gasteiger partial charge in [-0.1, -0.05) is 13.8 Å². The molecule has 0 radical (unpaired) electrons. The predicted molar refractivity (Wildman–Crippen MR) is 121 cm³/mol. The van der Waals surface area contributed by atoms with Gasteiger partial charge in [0.05, 0.1) is 23.1 Å². The van der Waals surface area contributed by atoms with Crippen molar-refractivity contribution in [2.24, 2.45) is 17.3 Å². The van der Waals surface area contributed by atoms with Crippen LogP contribution in [0, 0.1) is 28.6 Å². The molecule has 0 aromatic heterocycles. The van der Waals surface area contributed by atoms with Crippen LogP contribution >= 0.6 is 0 Å². The third-order valence-electron chi connectivity index (χ3n) is 7.38. The maximum atomic E-state index is 13.4. The van der Waals surface area contributed by atoms with E-state index in [4.69, 9.17) is 5.26 Å². The number of likely N-dealkylation sites (tertiary alicyclic amines) is 1. The van der Waals surface area contributed by atoms with E-state index in [0.717, 1.165) is 18.9 Å². The predicted octanol–water partition coefficient (Wildman–Crippen LogP) is 3.95. The Labute approximate surface area is 198 Å². The van der Waals surface area contributed by atoms with Crippen LogP contribution in [0.2, 0.25) is 0 Å². The summed E-state index contributed by atoms with van der Waals surface area (Å²) < 4.78 is 40.3. The first-order chi connectivity index (χ1) is 16.0. The third kappa shape index (κ3) is 5.01. The number of carbonyl (C=O) groups is 2. The van der Waals surface area contributed by atoms with Crippen LogP contribution in [0.25, 0.3) is 0 Å². The van der Waals surface area contributed by atoms with Gasteiger partial charge in [0, 0.05) is 49.7 Å². The van der Waals surface area contributed by atoms with Gasteiger partial charge in [0.1, 0.15) is 0 Å². The molecule has 2 saturated heterocycles. The monoisotopic (exact) mass is 476 g/mol. The second kappa shape index (κ2) is 9.12. The number of rotatable bonds is 5. The molecule has 184 valence electrons. The summed E-state index contributed by atoms with van der Waals surface area (Å²) in [6, 6.07) is 5.66. The summed E-state index contributed by atoms with van der Waals surface area (Å²) in [7, 11) is 0. The first kappa shape index (κ1) is 24.4. The van der Waals surface area contributed by atoms with E-state index in [1.54, 1.807) is 12.1 Å². The molecule has 0 bridgehead atoms. The number of halogens is 3. The Morgan fingerprint density at radius 3 is 2.47 bits per heavy atom. The van der Waals surface area contributed by atoms with Gasteiger partial charge in [0.2, 0.25) is 11.8 Å². The summed E-state index contributed by atoms with van der Waals surface area (Å²) in [6.07, 6.45) is -0.979. The zero-order chi connectivity index (χ0) is 24.7. The summed E-state index contributed by atoms with van der Waals surface area (Å²) in [4.78, 5) is 29.6. The average molecular weight is 477 g/mol. The first-order valence-electron chi connectivity index (χ1n) is 12.0. The molecule has 1 unspecified atom stereocenters. The van der Waals surface area contributed by atoms with Crippen LogP contribution in [-0.4, -0.2) is 48.9 Å². The zero-order valence-corrected chi connectivity index (χ0v) is 19.6. The highest BCUT2D eigenvalue weighted by atomic mass is 19.4. The molecule has 6 nitrogen and oxygen atoms in total. The third-order valence-corrected chi connectivity index (χ3v) is 7.38. The van der Waals surface area contributed by atoms with Crippen molar-refractivity contribution in [1.82, 2.24) is 10.2 Å². The summed E-state index contributed by atoms with van der Waals surface area (Å²) in [5, 5.41) is 12.2. The zero-order valence-electron chi connectivity index (χ0n) is 19.6. The van der Waals surface area contributed by atoms with E-state index >= 15 is 0 Å². The maximum Gasteiger partial charge on any atom is 0.417 e. The molecule has 3 fully saturated rings. The lowest BCUT2D eigenvalue weighted by atomic mass is 9.70. The van der Waals surface area contributed by atoms with Gasteiger partial charge in [-0.25, -0.2) is 0 Å². The Kier molecular flexibility index (Phi) is 6.54. The van der Waals surface area contributed by atoms with E-state index in [2.05, 4.69) is 5.32 Å². The highest BCUT2D eigenvalue weighted by Gasteiger charge is 2.52. The number of benzene rings is 1. The second-order valence-electron chi connectivity index (χ2n) is 10.4. The van der Waals surface area contributed by atoms with Gasteiger partial charge in [0.25, 0.3) is 0 Å². The number of hydrogen-bond donors (Lipinski definition) is 1. The van der Waals surface area contributed by atoms with Crippen molar-refractivity contribution >= 4 is 17.5 Å². The van der Waals surface area contributed by atoms with Crippen molar-refractivity contribution in [1.29, 1.82) is 5.26 Å². The second-order valence-corrected chi connectivity index (χ2v) is 10.4. The molecule has 1 atom stereocenters. The van der Waals surface area contributed by atoms with Crippen molar-refractivity contribution < 1.29 is 22.8 Å². The molecule has 34 heavy (non-hydrogen) atoms. The molecule has 2 amide bonds. The fraction of sp³-hybridized carbons (Fsp3) is 0.640. The van der Waals surface area contributed by atoms with E-state index in [-0.39, 0.29) is 35.1 Å². The Bertz CT molecular complexity index is 989. The Morgan fingerprint density at radius 1 is 1.24 bits per heavy atom. The number of nitriles is 1. The SMILES string of the molecule is CC(C)CC(=O)N1CC(C(=O)NC2CC2)C2(CCN(c3ccc(C#N)c(C(F)(F)F)c3)CC2)C1. The Morgan fingerprint density at radius 2 is 1.91 bits per heavy atom. The number of nitrogens with one attached hydrogen (secondary N) is 1. The minimum absolute atomic E-state index is 0.00599. The lowest BCUT2D eigenvalue weighted by Crippen LogP contribution is -2.49. The number of carbonyl (C=O) groups excluding carboxylic acids is 2. The molecule has 1 aromatic carbocycles. The molecule has 3 aliphatic rings. The quantitative estimate of drug-likeness (QED) is 0.698. The molecule has 1 N–H and O–H groups in total. The molecule has 1 saturated carbocycles. The Hall–Kier alpha value is -2.76. The van der Waals surface area contributed by atoms with Crippen LogP contribution in [0.15, 0.2) is 18.2 Å². The van der Waals surface area contributed by atoms with Gasteiger partial charge in [0.15, 0.2) is 0 Å². The van der Waals surface area contributed by atoms with Gasteiger partial charge in [-0.3, -0.25) is 9.59 Å². The molecule has 4 rings (SSSR count). The summed E-state index contributed by atoms with van der Waals surface area (Å²) in [5.74, 6) is -0.0316. The molecule has 9 heteroatoms. The molecule has 2 aliphatic heterocycles. The molecule has 1 aliphatic carbocycles. The number of amides is 2. The van der Waals surface area contributed by atoms with E-state index in [0.29, 0.717) is 51.1 Å². The first-order valence-corrected chi connectivity index (χ1v) is 12.0. The van der Waals surface area contributed by atoms with E-state index in [9.17, 15) is 22.8 Å². The van der Waals surface area contributed by atoms with Gasteiger partial charge in [-0.2, -0.15) is 18.4 Å². The highest BCUT2D eigenvalue weighted by Crippen LogP contribution is 2.46. The summed E-state index contributed by atoms with van der Waals surface area (Å²) in [5.41, 5.74) is -1.27. The standard InChI is InChI=1S/C25H31F3N4O2/c1-16(2)11-22(33)32-14-21(23(34)30-18-4-5-18)24(15-32)7-9-31(10-8-24)19-6-3-17(13-29)20(12-19)25(26,27)28/h3,6,12,16,18,21H,4-5,7-11,14-15H2,1-2H3,(H,30,34). The van der Waals surface area contributed by atoms with Crippen molar-refractivity contribution in [3.8, 4) is 6.07 Å². The van der Waals surface area contributed by atoms with Crippen LogP contribution in [0.4, 0.5) is 18.9 Å². The van der Waals surface area contributed by atoms with Gasteiger partial charge in [-0.15, -0.1) is 0 Å². The average Bonchev–Trinajstić information content (AvgIpc) is 3.51. The molecular formula is C25H31F3N4O2. The van der Waals surface area contributed by atoms with E-state index in [1.165, 1.54) is 6.07 Å². The van der Waals surface area contributed by atoms with E-state index in [1.807, 2.05) is 23.6 Å². The Balaban J connectivity index is 1.52. The van der Waals surface area contributed by atoms with E-state index < -0.39 is 17.3 Å². The number of piperidine rings is 1. The highest BCUT2D eigenvalue weighted by molar-refractivity contribution is 5.83. The molecular weight excluding hydrogens is 445 g/mol. The van der Waals surface area contributed by atoms with Gasteiger partial charge < -0.3 is 15.1 Å². The molecule has 1 aromatic rings. The maximum absolute atomic E-state index is 13.4. The lowest BCUT2D eigenvalue weighted by molar-refractivity contribution is -0.138. The van der Waals surface area contributed by atoms with Crippen molar-refractivity contribution in [2.45, 2.75) is 58.2 Å². The minimum atomic E-state index is -4.60. The van der Waals surface area contributed by atoms with Crippen molar-refractivity contribution in [3.63, 3.8) is 0 Å². The van der Waals surface area contributed by atoms with Gasteiger partial charge >= 0.3 is 6.18 Å². The fourth-order valence-corrected chi connectivity index (χ4v) is 5.31. The van der Waals surface area contributed by atoms with Crippen LogP contribution in [0.5, 0.6) is 0 Å². The summed E-state index contributed by atoms with van der Waals surface area (Å²) >= 11 is 0. The topological polar surface area (TPSA) is 76.4 Å².